The Labute approximate surface area is 52.7 Å². The van der Waals surface area contributed by atoms with Gasteiger partial charge in [0.25, 0.3) is 0 Å². The van der Waals surface area contributed by atoms with Gasteiger partial charge in [-0.05, 0) is 17.5 Å². The predicted octanol–water partition coefficient (Wildman–Crippen LogP) is 2.80. The first-order chi connectivity index (χ1) is 3.12. The van der Waals surface area contributed by atoms with Crippen LogP contribution in [0.5, 0.6) is 0 Å². The SMILES string of the molecule is CCP(=O)(Cl)SC. The third kappa shape index (κ3) is 3.45. The van der Waals surface area contributed by atoms with Gasteiger partial charge >= 0.3 is 0 Å². The van der Waals surface area contributed by atoms with E-state index in [0.717, 1.165) is 0 Å². The number of hydrogen-bond acceptors (Lipinski definition) is 2. The molecule has 1 atom stereocenters. The highest BCUT2D eigenvalue weighted by molar-refractivity contribution is 8.65. The summed E-state index contributed by atoms with van der Waals surface area (Å²) in [5, 5.41) is 0. The zero-order chi connectivity index (χ0) is 5.91. The Morgan fingerprint density at radius 2 is 2.29 bits per heavy atom. The zero-order valence-electron chi connectivity index (χ0n) is 4.35. The molecule has 0 amide bonds. The van der Waals surface area contributed by atoms with Gasteiger partial charge in [0.1, 0.15) is 0 Å². The van der Waals surface area contributed by atoms with Gasteiger partial charge in [0.15, 0.2) is 0 Å². The predicted molar refractivity (Wildman–Crippen MR) is 37.5 cm³/mol. The molecule has 0 aromatic carbocycles. The van der Waals surface area contributed by atoms with E-state index in [1.807, 2.05) is 6.92 Å². The Kier molecular flexibility index (Phi) is 3.38. The first-order valence-corrected chi connectivity index (χ1v) is 6.59. The highest BCUT2D eigenvalue weighted by Gasteiger charge is 2.10. The second-order valence-corrected chi connectivity index (χ2v) is 8.37. The standard InChI is InChI=1S/C3H8ClOPS/c1-3-6(4,5)7-2/h3H2,1-2H3. The van der Waals surface area contributed by atoms with Crippen molar-refractivity contribution < 1.29 is 4.57 Å². The van der Waals surface area contributed by atoms with Crippen LogP contribution in [0.1, 0.15) is 6.92 Å². The van der Waals surface area contributed by atoms with Gasteiger partial charge in [0.05, 0.1) is 0 Å². The lowest BCUT2D eigenvalue weighted by Gasteiger charge is -1.98. The maximum Gasteiger partial charge on any atom is 0.221 e. The first-order valence-electron chi connectivity index (χ1n) is 1.97. The van der Waals surface area contributed by atoms with Crippen molar-refractivity contribution in [2.24, 2.45) is 0 Å². The van der Waals surface area contributed by atoms with Crippen molar-refractivity contribution in [2.75, 3.05) is 12.4 Å². The van der Waals surface area contributed by atoms with Crippen molar-refractivity contribution in [1.82, 2.24) is 0 Å². The summed E-state index contributed by atoms with van der Waals surface area (Å²) in [6.07, 6.45) is 2.34. The maximum absolute atomic E-state index is 10.7. The molecule has 0 radical (unpaired) electrons. The van der Waals surface area contributed by atoms with Crippen molar-refractivity contribution in [2.45, 2.75) is 6.92 Å². The Balaban J connectivity index is 3.61. The van der Waals surface area contributed by atoms with Crippen LogP contribution in [0.2, 0.25) is 0 Å². The van der Waals surface area contributed by atoms with Gasteiger partial charge in [0.2, 0.25) is 5.70 Å². The van der Waals surface area contributed by atoms with Crippen molar-refractivity contribution >= 4 is 28.3 Å². The molecule has 44 valence electrons. The smallest absolute Gasteiger partial charge is 0.221 e. The molecule has 1 nitrogen and oxygen atoms in total. The fraction of sp³-hybridized carbons (Fsp3) is 1.00. The Morgan fingerprint density at radius 1 is 1.86 bits per heavy atom. The Hall–Kier alpha value is 0.870. The lowest BCUT2D eigenvalue weighted by atomic mass is 11.0. The molecule has 0 saturated carbocycles. The highest BCUT2D eigenvalue weighted by Crippen LogP contribution is 2.61. The zero-order valence-corrected chi connectivity index (χ0v) is 6.82. The van der Waals surface area contributed by atoms with Gasteiger partial charge in [-0.1, -0.05) is 18.3 Å². The molecule has 0 saturated heterocycles. The summed E-state index contributed by atoms with van der Waals surface area (Å²) in [4.78, 5) is 0. The molecule has 0 rings (SSSR count). The third-order valence-electron chi connectivity index (χ3n) is 0.650. The number of hydrogen-bond donors (Lipinski definition) is 0. The van der Waals surface area contributed by atoms with E-state index in [1.54, 1.807) is 6.26 Å². The van der Waals surface area contributed by atoms with Crippen LogP contribution >= 0.6 is 28.3 Å². The molecule has 4 heteroatoms. The highest BCUT2D eigenvalue weighted by atomic mass is 35.7. The number of halogens is 1. The van der Waals surface area contributed by atoms with Crippen molar-refractivity contribution in [3.63, 3.8) is 0 Å². The monoisotopic (exact) mass is 158 g/mol. The molecule has 7 heavy (non-hydrogen) atoms. The molecule has 0 aromatic rings. The van der Waals surface area contributed by atoms with E-state index in [4.69, 9.17) is 11.2 Å². The van der Waals surface area contributed by atoms with Crippen LogP contribution in [0.3, 0.4) is 0 Å². The Morgan fingerprint density at radius 3 is 2.29 bits per heavy atom. The molecule has 0 bridgehead atoms. The fourth-order valence-corrected chi connectivity index (χ4v) is 1.16. The van der Waals surface area contributed by atoms with Crippen LogP contribution in [0.15, 0.2) is 0 Å². The summed E-state index contributed by atoms with van der Waals surface area (Å²) in [7, 11) is 0. The molecule has 0 aliphatic rings. The molecule has 0 aliphatic carbocycles. The third-order valence-corrected chi connectivity index (χ3v) is 6.32. The summed E-state index contributed by atoms with van der Waals surface area (Å²) in [6, 6.07) is 0. The van der Waals surface area contributed by atoms with Crippen molar-refractivity contribution in [3.05, 3.63) is 0 Å². The molecule has 0 fully saturated rings. The normalized spacial score (nSPS) is 18.7. The average molecular weight is 159 g/mol. The van der Waals surface area contributed by atoms with Gasteiger partial charge < -0.3 is 0 Å². The summed E-state index contributed by atoms with van der Waals surface area (Å²) < 4.78 is 10.7. The molecular weight excluding hydrogens is 151 g/mol. The molecule has 0 aliphatic heterocycles. The minimum Gasteiger partial charge on any atom is -0.295 e. The van der Waals surface area contributed by atoms with Gasteiger partial charge in [-0.15, -0.1) is 0 Å². The fourth-order valence-electron chi connectivity index (χ4n) is 0.129. The van der Waals surface area contributed by atoms with Crippen molar-refractivity contribution in [3.8, 4) is 0 Å². The minimum atomic E-state index is -2.27. The topological polar surface area (TPSA) is 17.1 Å². The second kappa shape index (κ2) is 3.01. The van der Waals surface area contributed by atoms with E-state index in [2.05, 4.69) is 0 Å². The molecule has 0 heterocycles. The minimum absolute atomic E-state index is 0.579. The van der Waals surface area contributed by atoms with Gasteiger partial charge in [-0.25, -0.2) is 0 Å². The summed E-state index contributed by atoms with van der Waals surface area (Å²) in [6.45, 7) is 1.82. The summed E-state index contributed by atoms with van der Waals surface area (Å²) >= 11 is 6.67. The van der Waals surface area contributed by atoms with E-state index in [-0.39, 0.29) is 0 Å². The summed E-state index contributed by atoms with van der Waals surface area (Å²) in [5.41, 5.74) is -2.27. The van der Waals surface area contributed by atoms with E-state index >= 15 is 0 Å². The molecule has 1 unspecified atom stereocenters. The van der Waals surface area contributed by atoms with Gasteiger partial charge in [-0.2, -0.15) is 0 Å². The average Bonchev–Trinajstić information content (AvgIpc) is 1.68. The van der Waals surface area contributed by atoms with Crippen LogP contribution in [0, 0.1) is 0 Å². The maximum atomic E-state index is 10.7. The lowest BCUT2D eigenvalue weighted by molar-refractivity contribution is 0.594. The van der Waals surface area contributed by atoms with Crippen LogP contribution in [-0.4, -0.2) is 12.4 Å². The van der Waals surface area contributed by atoms with Crippen LogP contribution in [0.25, 0.3) is 0 Å². The largest absolute Gasteiger partial charge is 0.295 e. The van der Waals surface area contributed by atoms with E-state index in [9.17, 15) is 4.57 Å². The van der Waals surface area contributed by atoms with E-state index in [0.29, 0.717) is 6.16 Å². The molecule has 0 aromatic heterocycles. The lowest BCUT2D eigenvalue weighted by Crippen LogP contribution is -1.65. The van der Waals surface area contributed by atoms with E-state index < -0.39 is 5.70 Å². The van der Waals surface area contributed by atoms with Crippen LogP contribution in [-0.2, 0) is 4.57 Å². The molecular formula is C3H8ClOPS. The van der Waals surface area contributed by atoms with Crippen LogP contribution < -0.4 is 0 Å². The molecule has 0 N–H and O–H groups in total. The Bertz CT molecular complexity index is 86.9. The quantitative estimate of drug-likeness (QED) is 0.575. The van der Waals surface area contributed by atoms with Crippen LogP contribution in [0.4, 0.5) is 0 Å². The van der Waals surface area contributed by atoms with Gasteiger partial charge in [0, 0.05) is 6.16 Å². The first kappa shape index (κ1) is 7.87. The van der Waals surface area contributed by atoms with Gasteiger partial charge in [-0.3, -0.25) is 4.57 Å². The van der Waals surface area contributed by atoms with Crippen molar-refractivity contribution in [1.29, 1.82) is 0 Å². The van der Waals surface area contributed by atoms with E-state index in [1.165, 1.54) is 11.4 Å². The summed E-state index contributed by atoms with van der Waals surface area (Å²) in [5.74, 6) is 0. The number of rotatable bonds is 2. The molecule has 0 spiro atoms. The second-order valence-electron chi connectivity index (χ2n) is 1.09.